The molecule has 0 aliphatic heterocycles. The molecule has 0 fully saturated rings. The molecule has 0 aliphatic carbocycles. The molecule has 1 aromatic rings. The molecule has 0 unspecified atom stereocenters. The highest BCUT2D eigenvalue weighted by Gasteiger charge is 2.23. The summed E-state index contributed by atoms with van der Waals surface area (Å²) in [4.78, 5) is 26.5. The third-order valence-electron chi connectivity index (χ3n) is 2.98. The summed E-state index contributed by atoms with van der Waals surface area (Å²) < 4.78 is 0. The molecule has 1 rings (SSSR count). The summed E-state index contributed by atoms with van der Waals surface area (Å²) in [5.41, 5.74) is 1.64. The second-order valence-electron chi connectivity index (χ2n) is 4.83. The normalized spacial score (nSPS) is 10.0. The van der Waals surface area contributed by atoms with Crippen molar-refractivity contribution in [1.29, 1.82) is 0 Å². The number of carbonyl (C=O) groups is 2. The molecule has 0 atom stereocenters. The molecule has 5 nitrogen and oxygen atoms in total. The van der Waals surface area contributed by atoms with Crippen molar-refractivity contribution in [2.75, 3.05) is 24.5 Å². The zero-order chi connectivity index (χ0) is 15.8. The van der Waals surface area contributed by atoms with Crippen molar-refractivity contribution in [3.05, 3.63) is 42.5 Å². The van der Waals surface area contributed by atoms with Crippen LogP contribution in [0.15, 0.2) is 36.9 Å². The number of hydrogen-bond acceptors (Lipinski definition) is 2. The SMILES string of the molecule is C=CCN(CCC)C(=O)N(CC(=O)O)c1ccc(C)cc1. The number of hydrogen-bond donors (Lipinski definition) is 1. The fraction of sp³-hybridized carbons (Fsp3) is 0.375. The predicted octanol–water partition coefficient (Wildman–Crippen LogP) is 2.90. The standard InChI is InChI=1S/C16H22N2O3/c1-4-10-17(11-5-2)16(21)18(12-15(19)20)14-8-6-13(3)7-9-14/h4,6-9H,1,5,10-12H2,2-3H3,(H,19,20). The van der Waals surface area contributed by atoms with Crippen LogP contribution in [0.4, 0.5) is 10.5 Å². The molecule has 21 heavy (non-hydrogen) atoms. The van der Waals surface area contributed by atoms with Gasteiger partial charge in [-0.2, -0.15) is 0 Å². The Labute approximate surface area is 125 Å². The highest BCUT2D eigenvalue weighted by Crippen LogP contribution is 2.17. The van der Waals surface area contributed by atoms with Crippen LogP contribution in [0.2, 0.25) is 0 Å². The summed E-state index contributed by atoms with van der Waals surface area (Å²) in [6.45, 7) is 8.15. The maximum absolute atomic E-state index is 12.6. The van der Waals surface area contributed by atoms with Gasteiger partial charge in [0.05, 0.1) is 0 Å². The van der Waals surface area contributed by atoms with E-state index in [-0.39, 0.29) is 12.6 Å². The van der Waals surface area contributed by atoms with Crippen molar-refractivity contribution >= 4 is 17.7 Å². The second-order valence-corrected chi connectivity index (χ2v) is 4.83. The smallest absolute Gasteiger partial charge is 0.325 e. The van der Waals surface area contributed by atoms with Crippen molar-refractivity contribution in [3.63, 3.8) is 0 Å². The Bertz CT molecular complexity index is 497. The van der Waals surface area contributed by atoms with Crippen LogP contribution < -0.4 is 4.90 Å². The number of carboxylic acid groups (broad SMARTS) is 1. The minimum Gasteiger partial charge on any atom is -0.480 e. The lowest BCUT2D eigenvalue weighted by atomic mass is 10.2. The summed E-state index contributed by atoms with van der Waals surface area (Å²) in [5.74, 6) is -1.04. The molecule has 0 bridgehead atoms. The Hall–Kier alpha value is -2.30. The van der Waals surface area contributed by atoms with Gasteiger partial charge in [0.15, 0.2) is 0 Å². The van der Waals surface area contributed by atoms with Gasteiger partial charge in [-0.25, -0.2) is 4.79 Å². The first-order chi connectivity index (χ1) is 9.99. The van der Waals surface area contributed by atoms with Gasteiger partial charge >= 0.3 is 12.0 Å². The fourth-order valence-electron chi connectivity index (χ4n) is 1.99. The number of amides is 2. The number of aliphatic carboxylic acids is 1. The van der Waals surface area contributed by atoms with Crippen LogP contribution in [0.25, 0.3) is 0 Å². The first-order valence-corrected chi connectivity index (χ1v) is 6.95. The van der Waals surface area contributed by atoms with Crippen LogP contribution in [-0.4, -0.2) is 41.6 Å². The lowest BCUT2D eigenvalue weighted by Gasteiger charge is -2.29. The molecule has 114 valence electrons. The minimum atomic E-state index is -1.04. The van der Waals surface area contributed by atoms with Crippen LogP contribution in [0.1, 0.15) is 18.9 Å². The zero-order valence-corrected chi connectivity index (χ0v) is 12.6. The third kappa shape index (κ3) is 4.95. The number of urea groups is 1. The maximum Gasteiger partial charge on any atom is 0.325 e. The molecule has 0 heterocycles. The lowest BCUT2D eigenvalue weighted by Crippen LogP contribution is -2.46. The minimum absolute atomic E-state index is 0.317. The van der Waals surface area contributed by atoms with E-state index in [9.17, 15) is 9.59 Å². The molecule has 0 spiro atoms. The second kappa shape index (κ2) is 8.09. The van der Waals surface area contributed by atoms with Gasteiger partial charge in [-0.1, -0.05) is 30.7 Å². The molecule has 0 saturated carbocycles. The van der Waals surface area contributed by atoms with Gasteiger partial charge in [-0.15, -0.1) is 6.58 Å². The van der Waals surface area contributed by atoms with E-state index in [2.05, 4.69) is 6.58 Å². The van der Waals surface area contributed by atoms with Crippen LogP contribution in [0, 0.1) is 6.92 Å². The number of carboxylic acids is 1. The fourth-order valence-corrected chi connectivity index (χ4v) is 1.99. The topological polar surface area (TPSA) is 60.9 Å². The quantitative estimate of drug-likeness (QED) is 0.785. The summed E-state index contributed by atoms with van der Waals surface area (Å²) in [6, 6.07) is 6.91. The van der Waals surface area contributed by atoms with Crippen LogP contribution >= 0.6 is 0 Å². The molecule has 0 radical (unpaired) electrons. The number of anilines is 1. The van der Waals surface area contributed by atoms with E-state index in [1.54, 1.807) is 23.1 Å². The van der Waals surface area contributed by atoms with Gasteiger partial charge in [0, 0.05) is 18.8 Å². The zero-order valence-electron chi connectivity index (χ0n) is 12.6. The molecule has 1 aromatic carbocycles. The number of carbonyl (C=O) groups excluding carboxylic acids is 1. The number of nitrogens with zero attached hydrogens (tertiary/aromatic N) is 2. The molecule has 0 aromatic heterocycles. The van der Waals surface area contributed by atoms with E-state index in [0.29, 0.717) is 18.8 Å². The monoisotopic (exact) mass is 290 g/mol. The van der Waals surface area contributed by atoms with E-state index in [4.69, 9.17) is 5.11 Å². The van der Waals surface area contributed by atoms with Gasteiger partial charge in [0.1, 0.15) is 6.54 Å². The first-order valence-electron chi connectivity index (χ1n) is 6.95. The average Bonchev–Trinajstić information content (AvgIpc) is 2.45. The lowest BCUT2D eigenvalue weighted by molar-refractivity contribution is -0.135. The molecule has 5 heteroatoms. The molecule has 0 saturated heterocycles. The van der Waals surface area contributed by atoms with E-state index < -0.39 is 5.97 Å². The average molecular weight is 290 g/mol. The van der Waals surface area contributed by atoms with Crippen molar-refractivity contribution < 1.29 is 14.7 Å². The highest BCUT2D eigenvalue weighted by atomic mass is 16.4. The largest absolute Gasteiger partial charge is 0.480 e. The summed E-state index contributed by atoms with van der Waals surface area (Å²) >= 11 is 0. The number of aryl methyl sites for hydroxylation is 1. The van der Waals surface area contributed by atoms with Gasteiger partial charge in [-0.3, -0.25) is 9.69 Å². The molecule has 1 N–H and O–H groups in total. The molecule has 0 aliphatic rings. The van der Waals surface area contributed by atoms with Crippen molar-refractivity contribution in [1.82, 2.24) is 4.90 Å². The number of rotatable bonds is 7. The Morgan fingerprint density at radius 1 is 1.29 bits per heavy atom. The highest BCUT2D eigenvalue weighted by molar-refractivity contribution is 5.96. The Morgan fingerprint density at radius 2 is 1.90 bits per heavy atom. The van der Waals surface area contributed by atoms with Crippen molar-refractivity contribution in [2.45, 2.75) is 20.3 Å². The molecular weight excluding hydrogens is 268 g/mol. The van der Waals surface area contributed by atoms with E-state index in [1.165, 1.54) is 4.90 Å². The van der Waals surface area contributed by atoms with E-state index in [1.807, 2.05) is 26.0 Å². The van der Waals surface area contributed by atoms with Crippen LogP contribution in [-0.2, 0) is 4.79 Å². The van der Waals surface area contributed by atoms with Crippen molar-refractivity contribution in [2.24, 2.45) is 0 Å². The van der Waals surface area contributed by atoms with Crippen molar-refractivity contribution in [3.8, 4) is 0 Å². The Balaban J connectivity index is 3.04. The maximum atomic E-state index is 12.6. The third-order valence-corrected chi connectivity index (χ3v) is 2.98. The van der Waals surface area contributed by atoms with Crippen LogP contribution in [0.3, 0.4) is 0 Å². The van der Waals surface area contributed by atoms with Gasteiger partial charge < -0.3 is 10.0 Å². The predicted molar refractivity (Wildman–Crippen MR) is 83.6 cm³/mol. The summed E-state index contributed by atoms with van der Waals surface area (Å²) in [5, 5.41) is 9.06. The molecular formula is C16H22N2O3. The van der Waals surface area contributed by atoms with Gasteiger partial charge in [0.25, 0.3) is 0 Å². The van der Waals surface area contributed by atoms with E-state index >= 15 is 0 Å². The summed E-state index contributed by atoms with van der Waals surface area (Å²) in [7, 11) is 0. The Kier molecular flexibility index (Phi) is 6.46. The molecule has 2 amide bonds. The van der Waals surface area contributed by atoms with Gasteiger partial charge in [-0.05, 0) is 25.5 Å². The summed E-state index contributed by atoms with van der Waals surface area (Å²) in [6.07, 6.45) is 2.44. The Morgan fingerprint density at radius 3 is 2.38 bits per heavy atom. The van der Waals surface area contributed by atoms with E-state index in [0.717, 1.165) is 12.0 Å². The number of benzene rings is 1. The van der Waals surface area contributed by atoms with Gasteiger partial charge in [0.2, 0.25) is 0 Å². The van der Waals surface area contributed by atoms with Crippen LogP contribution in [0.5, 0.6) is 0 Å². The first kappa shape index (κ1) is 16.8.